The first kappa shape index (κ1) is 15.1. The lowest BCUT2D eigenvalue weighted by Gasteiger charge is -2.31. The second-order valence-electron chi connectivity index (χ2n) is 6.62. The molecule has 1 heterocycles. The largest absolute Gasteiger partial charge is 0.379 e. The summed E-state index contributed by atoms with van der Waals surface area (Å²) < 4.78 is 1.21. The highest BCUT2D eigenvalue weighted by molar-refractivity contribution is 7.16. The van der Waals surface area contributed by atoms with E-state index in [4.69, 9.17) is 11.6 Å². The first-order valence-corrected chi connectivity index (χ1v) is 9.17. The number of anilines is 1. The van der Waals surface area contributed by atoms with Crippen molar-refractivity contribution >= 4 is 38.8 Å². The number of aromatic nitrogens is 1. The molecule has 114 valence electrons. The lowest BCUT2D eigenvalue weighted by atomic mass is 9.81. The van der Waals surface area contributed by atoms with Gasteiger partial charge in [0.05, 0.1) is 20.9 Å². The van der Waals surface area contributed by atoms with Gasteiger partial charge in [-0.1, -0.05) is 38.3 Å². The summed E-state index contributed by atoms with van der Waals surface area (Å²) in [6, 6.07) is 4.58. The Bertz CT molecular complexity index is 608. The Labute approximate surface area is 135 Å². The Balaban J connectivity index is 1.75. The van der Waals surface area contributed by atoms with Gasteiger partial charge in [-0.15, -0.1) is 11.3 Å². The molecule has 1 aliphatic carbocycles. The van der Waals surface area contributed by atoms with Crippen molar-refractivity contribution in [3.63, 3.8) is 0 Å². The molecule has 0 radical (unpaired) electrons. The maximum absolute atomic E-state index is 6.40. The summed E-state index contributed by atoms with van der Waals surface area (Å²) in [4.78, 5) is 4.48. The van der Waals surface area contributed by atoms with Gasteiger partial charge in [-0.3, -0.25) is 0 Å². The van der Waals surface area contributed by atoms with Crippen LogP contribution in [0.5, 0.6) is 0 Å². The van der Waals surface area contributed by atoms with Crippen LogP contribution >= 0.6 is 22.9 Å². The van der Waals surface area contributed by atoms with Crippen LogP contribution in [0.15, 0.2) is 17.6 Å². The highest BCUT2D eigenvalue weighted by Gasteiger charge is 2.23. The van der Waals surface area contributed by atoms with E-state index in [-0.39, 0.29) is 0 Å². The molecule has 1 aliphatic rings. The minimum absolute atomic E-state index is 0.535. The van der Waals surface area contributed by atoms with Crippen molar-refractivity contribution in [2.75, 3.05) is 5.32 Å². The normalized spacial score (nSPS) is 22.9. The SMILES string of the molecule is CC(C)CC1CCCC(Nc2c(Cl)ccc3scnc23)C1. The molecule has 0 spiro atoms. The standard InChI is InChI=1S/C17H23ClN2S/c1-11(2)8-12-4-3-5-13(9-12)20-16-14(18)6-7-15-17(16)19-10-21-15/h6-7,10-13,20H,3-5,8-9H2,1-2H3. The maximum Gasteiger partial charge on any atom is 0.106 e. The Hall–Kier alpha value is -0.800. The van der Waals surface area contributed by atoms with Gasteiger partial charge in [-0.05, 0) is 43.2 Å². The van der Waals surface area contributed by atoms with E-state index in [1.54, 1.807) is 11.3 Å². The average molecular weight is 323 g/mol. The van der Waals surface area contributed by atoms with Crippen LogP contribution in [0.1, 0.15) is 46.0 Å². The van der Waals surface area contributed by atoms with Crippen LogP contribution in [0.25, 0.3) is 10.2 Å². The van der Waals surface area contributed by atoms with Crippen LogP contribution in [0.2, 0.25) is 5.02 Å². The summed E-state index contributed by atoms with van der Waals surface area (Å²) in [5.41, 5.74) is 3.96. The van der Waals surface area contributed by atoms with E-state index in [0.717, 1.165) is 28.1 Å². The van der Waals surface area contributed by atoms with Crippen LogP contribution in [-0.2, 0) is 0 Å². The molecule has 2 atom stereocenters. The highest BCUT2D eigenvalue weighted by atomic mass is 35.5. The van der Waals surface area contributed by atoms with Crippen molar-refractivity contribution in [1.82, 2.24) is 4.98 Å². The molecule has 1 N–H and O–H groups in total. The molecule has 0 aliphatic heterocycles. The van der Waals surface area contributed by atoms with Crippen molar-refractivity contribution in [2.24, 2.45) is 11.8 Å². The van der Waals surface area contributed by atoms with Gasteiger partial charge < -0.3 is 5.32 Å². The molecule has 1 aromatic heterocycles. The summed E-state index contributed by atoms with van der Waals surface area (Å²) in [6.45, 7) is 4.65. The fraction of sp³-hybridized carbons (Fsp3) is 0.588. The smallest absolute Gasteiger partial charge is 0.106 e. The molecule has 4 heteroatoms. The fourth-order valence-corrected chi connectivity index (χ4v) is 4.44. The Morgan fingerprint density at radius 2 is 2.24 bits per heavy atom. The second-order valence-corrected chi connectivity index (χ2v) is 7.92. The van der Waals surface area contributed by atoms with Gasteiger partial charge in [-0.2, -0.15) is 0 Å². The lowest BCUT2D eigenvalue weighted by Crippen LogP contribution is -2.28. The Morgan fingerprint density at radius 3 is 3.05 bits per heavy atom. The molecule has 2 unspecified atom stereocenters. The second kappa shape index (κ2) is 6.53. The van der Waals surface area contributed by atoms with Crippen LogP contribution in [0, 0.1) is 11.8 Å². The molecule has 0 saturated heterocycles. The van der Waals surface area contributed by atoms with Crippen molar-refractivity contribution in [3.8, 4) is 0 Å². The molecule has 21 heavy (non-hydrogen) atoms. The first-order chi connectivity index (χ1) is 10.1. The number of nitrogens with one attached hydrogen (secondary N) is 1. The molecular formula is C17H23ClN2S. The summed E-state index contributed by atoms with van der Waals surface area (Å²) >= 11 is 8.07. The quantitative estimate of drug-likeness (QED) is 0.750. The van der Waals surface area contributed by atoms with E-state index in [2.05, 4.69) is 30.2 Å². The van der Waals surface area contributed by atoms with Gasteiger partial charge in [0.15, 0.2) is 0 Å². The molecule has 1 aromatic carbocycles. The zero-order valence-corrected chi connectivity index (χ0v) is 14.3. The first-order valence-electron chi connectivity index (χ1n) is 7.91. The minimum Gasteiger partial charge on any atom is -0.379 e. The van der Waals surface area contributed by atoms with Crippen molar-refractivity contribution < 1.29 is 0 Å². The maximum atomic E-state index is 6.40. The van der Waals surface area contributed by atoms with Gasteiger partial charge in [0.1, 0.15) is 5.52 Å². The average Bonchev–Trinajstić information content (AvgIpc) is 2.90. The third-order valence-electron chi connectivity index (χ3n) is 4.39. The number of fused-ring (bicyclic) bond motifs is 1. The van der Waals surface area contributed by atoms with Crippen molar-refractivity contribution in [3.05, 3.63) is 22.7 Å². The number of halogens is 1. The van der Waals surface area contributed by atoms with Crippen LogP contribution in [0.4, 0.5) is 5.69 Å². The topological polar surface area (TPSA) is 24.9 Å². The van der Waals surface area contributed by atoms with E-state index in [0.29, 0.717) is 6.04 Å². The monoisotopic (exact) mass is 322 g/mol. The van der Waals surface area contributed by atoms with Crippen molar-refractivity contribution in [1.29, 1.82) is 0 Å². The minimum atomic E-state index is 0.535. The summed E-state index contributed by atoms with van der Waals surface area (Å²) in [5.74, 6) is 1.64. The number of hydrogen-bond acceptors (Lipinski definition) is 3. The van der Waals surface area contributed by atoms with Crippen molar-refractivity contribution in [2.45, 2.75) is 52.0 Å². The van der Waals surface area contributed by atoms with Gasteiger partial charge >= 0.3 is 0 Å². The molecule has 0 amide bonds. The number of hydrogen-bond donors (Lipinski definition) is 1. The predicted octanol–water partition coefficient (Wildman–Crippen LogP) is 5.97. The van der Waals surface area contributed by atoms with Crippen LogP contribution in [0.3, 0.4) is 0 Å². The van der Waals surface area contributed by atoms with E-state index >= 15 is 0 Å². The molecular weight excluding hydrogens is 300 g/mol. The van der Waals surface area contributed by atoms with Gasteiger partial charge in [0.25, 0.3) is 0 Å². The zero-order chi connectivity index (χ0) is 14.8. The van der Waals surface area contributed by atoms with Gasteiger partial charge in [0.2, 0.25) is 0 Å². The third-order valence-corrected chi connectivity index (χ3v) is 5.50. The molecule has 2 nitrogen and oxygen atoms in total. The molecule has 2 aromatic rings. The lowest BCUT2D eigenvalue weighted by molar-refractivity contribution is 0.289. The Kier molecular flexibility index (Phi) is 4.70. The van der Waals surface area contributed by atoms with Crippen LogP contribution in [-0.4, -0.2) is 11.0 Å². The van der Waals surface area contributed by atoms with E-state index in [1.165, 1.54) is 36.8 Å². The van der Waals surface area contributed by atoms with E-state index < -0.39 is 0 Å². The van der Waals surface area contributed by atoms with Gasteiger partial charge in [-0.25, -0.2) is 4.98 Å². The summed E-state index contributed by atoms with van der Waals surface area (Å²) in [5, 5.41) is 4.48. The van der Waals surface area contributed by atoms with E-state index in [1.807, 2.05) is 11.6 Å². The molecule has 0 bridgehead atoms. The fourth-order valence-electron chi connectivity index (χ4n) is 3.55. The Morgan fingerprint density at radius 1 is 1.38 bits per heavy atom. The van der Waals surface area contributed by atoms with Gasteiger partial charge in [0, 0.05) is 6.04 Å². The zero-order valence-electron chi connectivity index (χ0n) is 12.7. The third kappa shape index (κ3) is 3.51. The number of rotatable bonds is 4. The van der Waals surface area contributed by atoms with E-state index in [9.17, 15) is 0 Å². The number of thiazole rings is 1. The highest BCUT2D eigenvalue weighted by Crippen LogP contribution is 2.36. The summed E-state index contributed by atoms with van der Waals surface area (Å²) in [6.07, 6.45) is 6.54. The molecule has 3 rings (SSSR count). The molecule has 1 saturated carbocycles. The molecule has 1 fully saturated rings. The number of benzene rings is 1. The predicted molar refractivity (Wildman–Crippen MR) is 93.5 cm³/mol. The summed E-state index contributed by atoms with van der Waals surface area (Å²) in [7, 11) is 0. The number of nitrogens with zero attached hydrogens (tertiary/aromatic N) is 1. The van der Waals surface area contributed by atoms with Crippen LogP contribution < -0.4 is 5.32 Å².